The topological polar surface area (TPSA) is 78.9 Å². The van der Waals surface area contributed by atoms with Crippen LogP contribution in [0, 0.1) is 0 Å². The van der Waals surface area contributed by atoms with Crippen LogP contribution in [0.15, 0.2) is 158 Å². The first-order valence-corrected chi connectivity index (χ1v) is 34.0. The second-order valence-electron chi connectivity index (χ2n) is 22.0. The van der Waals surface area contributed by atoms with E-state index in [0.29, 0.717) is 19.3 Å². The van der Waals surface area contributed by atoms with Crippen molar-refractivity contribution in [2.24, 2.45) is 0 Å². The highest BCUT2D eigenvalue weighted by atomic mass is 16.6. The van der Waals surface area contributed by atoms with Crippen LogP contribution >= 0.6 is 0 Å². The Bertz CT molecular complexity index is 1840. The zero-order chi connectivity index (χ0) is 59.9. The molecule has 0 aromatic heterocycles. The van der Waals surface area contributed by atoms with Crippen LogP contribution in [0.3, 0.4) is 0 Å². The van der Waals surface area contributed by atoms with Crippen molar-refractivity contribution >= 4 is 17.9 Å². The Morgan fingerprint density at radius 2 is 0.482 bits per heavy atom. The lowest BCUT2D eigenvalue weighted by atomic mass is 10.0. The number of unbranched alkanes of at least 4 members (excludes halogenated alkanes) is 23. The van der Waals surface area contributed by atoms with Gasteiger partial charge >= 0.3 is 17.9 Å². The summed E-state index contributed by atoms with van der Waals surface area (Å²) in [6.07, 6.45) is 101. The monoisotopic (exact) mass is 1140 g/mol. The largest absolute Gasteiger partial charge is 0.462 e. The van der Waals surface area contributed by atoms with Crippen molar-refractivity contribution in [3.05, 3.63) is 158 Å². The molecule has 0 amide bonds. The zero-order valence-corrected chi connectivity index (χ0v) is 53.7. The number of carbonyl (C=O) groups excluding carboxylic acids is 3. The van der Waals surface area contributed by atoms with E-state index in [4.69, 9.17) is 14.2 Å². The van der Waals surface area contributed by atoms with E-state index >= 15 is 0 Å². The Balaban J connectivity index is 4.47. The van der Waals surface area contributed by atoms with Gasteiger partial charge in [-0.25, -0.2) is 0 Å². The van der Waals surface area contributed by atoms with Gasteiger partial charge in [-0.3, -0.25) is 14.4 Å². The first kappa shape index (κ1) is 78.0. The molecule has 0 fully saturated rings. The fourth-order valence-corrected chi connectivity index (χ4v) is 8.98. The van der Waals surface area contributed by atoms with Gasteiger partial charge in [-0.15, -0.1) is 0 Å². The molecule has 0 saturated carbocycles. The highest BCUT2D eigenvalue weighted by Gasteiger charge is 2.19. The Morgan fingerprint density at radius 3 is 0.807 bits per heavy atom. The molecular weight excluding hydrogens is 1020 g/mol. The predicted octanol–water partition coefficient (Wildman–Crippen LogP) is 23.7. The lowest BCUT2D eigenvalue weighted by Crippen LogP contribution is -2.30. The molecule has 83 heavy (non-hydrogen) atoms. The maximum absolute atomic E-state index is 12.9. The summed E-state index contributed by atoms with van der Waals surface area (Å²) in [6.45, 7) is 6.33. The van der Waals surface area contributed by atoms with Crippen molar-refractivity contribution in [1.29, 1.82) is 0 Å². The molecule has 0 aromatic rings. The van der Waals surface area contributed by atoms with E-state index in [1.54, 1.807) is 0 Å². The molecule has 468 valence electrons. The van der Waals surface area contributed by atoms with Crippen LogP contribution in [0.25, 0.3) is 0 Å². The van der Waals surface area contributed by atoms with E-state index in [1.807, 2.05) is 0 Å². The maximum atomic E-state index is 12.9. The number of hydrogen-bond acceptors (Lipinski definition) is 6. The van der Waals surface area contributed by atoms with Crippen molar-refractivity contribution in [3.63, 3.8) is 0 Å². The minimum absolute atomic E-state index is 0.119. The summed E-state index contributed by atoms with van der Waals surface area (Å²) in [5, 5.41) is 0. The molecule has 0 radical (unpaired) electrons. The van der Waals surface area contributed by atoms with Crippen molar-refractivity contribution in [3.8, 4) is 0 Å². The van der Waals surface area contributed by atoms with Crippen molar-refractivity contribution < 1.29 is 28.6 Å². The van der Waals surface area contributed by atoms with Crippen LogP contribution in [-0.4, -0.2) is 37.2 Å². The quantitative estimate of drug-likeness (QED) is 0.0261. The first-order valence-electron chi connectivity index (χ1n) is 34.0. The minimum Gasteiger partial charge on any atom is -0.462 e. The fraction of sp³-hybridized carbons (Fsp3) is 0.623. The van der Waals surface area contributed by atoms with E-state index < -0.39 is 6.10 Å². The number of ether oxygens (including phenoxy) is 3. The summed E-state index contributed by atoms with van der Waals surface area (Å²) in [5.74, 6) is -1.02. The standard InChI is InChI=1S/C77H124O6/c1-4-7-10-13-16-19-22-25-28-31-33-35-36-37-38-39-40-42-43-46-49-52-55-58-61-64-67-70-76(79)82-73-74(72-81-75(78)69-66-63-60-57-54-51-48-45-30-27-24-21-18-15-12-9-6-3)83-77(80)71-68-65-62-59-56-53-50-47-44-41-34-32-29-26-23-20-17-14-11-8-5-2/h8-9,11-12,17-18,20-22,25-27,29-31,33-34,41,47-48,50-51,56-57,59-60,74H,4-7,10,13-16,19,23-24,28,32,35-40,42-46,49,52-55,58,61-73H2,1-3H3/b11-8-,12-9-,20-17-,21-18-,25-22-,29-26-,30-27-,33-31-,41-34-,50-47-,51-48-,59-56-,60-57-. The van der Waals surface area contributed by atoms with Crippen LogP contribution in [-0.2, 0) is 28.6 Å². The van der Waals surface area contributed by atoms with Gasteiger partial charge in [0.15, 0.2) is 6.10 Å². The molecule has 0 rings (SSSR count). The van der Waals surface area contributed by atoms with E-state index in [0.717, 1.165) is 116 Å². The van der Waals surface area contributed by atoms with Gasteiger partial charge in [-0.1, -0.05) is 288 Å². The van der Waals surface area contributed by atoms with Crippen LogP contribution in [0.4, 0.5) is 0 Å². The summed E-state index contributed by atoms with van der Waals surface area (Å²) >= 11 is 0. The third kappa shape index (κ3) is 67.7. The highest BCUT2D eigenvalue weighted by Crippen LogP contribution is 2.16. The molecule has 1 atom stereocenters. The van der Waals surface area contributed by atoms with Gasteiger partial charge in [0.1, 0.15) is 13.2 Å². The van der Waals surface area contributed by atoms with E-state index in [-0.39, 0.29) is 44.0 Å². The Labute approximate surface area is 511 Å². The van der Waals surface area contributed by atoms with Crippen LogP contribution in [0.5, 0.6) is 0 Å². The van der Waals surface area contributed by atoms with Crippen molar-refractivity contribution in [2.45, 2.75) is 297 Å². The van der Waals surface area contributed by atoms with Crippen LogP contribution < -0.4 is 0 Å². The van der Waals surface area contributed by atoms with Crippen LogP contribution in [0.1, 0.15) is 290 Å². The first-order chi connectivity index (χ1) is 41.0. The molecule has 6 nitrogen and oxygen atoms in total. The third-order valence-electron chi connectivity index (χ3n) is 14.0. The molecular formula is C77H124O6. The Morgan fingerprint density at radius 1 is 0.253 bits per heavy atom. The van der Waals surface area contributed by atoms with Crippen LogP contribution in [0.2, 0.25) is 0 Å². The number of allylic oxidation sites excluding steroid dienone is 26. The molecule has 0 saturated heterocycles. The van der Waals surface area contributed by atoms with E-state index in [9.17, 15) is 14.4 Å². The molecule has 0 bridgehead atoms. The average molecular weight is 1150 g/mol. The average Bonchev–Trinajstić information content (AvgIpc) is 3.50. The van der Waals surface area contributed by atoms with Gasteiger partial charge < -0.3 is 14.2 Å². The summed E-state index contributed by atoms with van der Waals surface area (Å²) in [6, 6.07) is 0. The molecule has 0 aliphatic heterocycles. The SMILES string of the molecule is CC/C=C\C/C=C\C/C=C\C/C=C\C/C=C\C/C=C\CCCCC(=O)OC(COC(=O)CCC/C=C\C/C=C\C/C=C\C/C=C\C/C=C\CC)COC(=O)CCCCCCCCCCCCCCCCC/C=C\C/C=C\CCCCCCC. The van der Waals surface area contributed by atoms with Gasteiger partial charge in [-0.05, 0) is 141 Å². The summed E-state index contributed by atoms with van der Waals surface area (Å²) < 4.78 is 16.9. The number of carbonyl (C=O) groups is 3. The Hall–Kier alpha value is -4.97. The smallest absolute Gasteiger partial charge is 0.306 e. The molecule has 1 unspecified atom stereocenters. The van der Waals surface area contributed by atoms with Crippen molar-refractivity contribution in [1.82, 2.24) is 0 Å². The zero-order valence-electron chi connectivity index (χ0n) is 53.7. The van der Waals surface area contributed by atoms with Gasteiger partial charge in [0.25, 0.3) is 0 Å². The fourth-order valence-electron chi connectivity index (χ4n) is 8.98. The molecule has 0 aliphatic rings. The van der Waals surface area contributed by atoms with Crippen molar-refractivity contribution in [2.75, 3.05) is 13.2 Å². The van der Waals surface area contributed by atoms with Gasteiger partial charge in [-0.2, -0.15) is 0 Å². The second kappa shape index (κ2) is 69.5. The lowest BCUT2D eigenvalue weighted by molar-refractivity contribution is -0.167. The highest BCUT2D eigenvalue weighted by molar-refractivity contribution is 5.71. The molecule has 6 heteroatoms. The maximum Gasteiger partial charge on any atom is 0.306 e. The third-order valence-corrected chi connectivity index (χ3v) is 14.0. The van der Waals surface area contributed by atoms with E-state index in [1.165, 1.54) is 122 Å². The van der Waals surface area contributed by atoms with Gasteiger partial charge in [0.2, 0.25) is 0 Å². The summed E-state index contributed by atoms with van der Waals surface area (Å²) in [5.41, 5.74) is 0. The lowest BCUT2D eigenvalue weighted by Gasteiger charge is -2.18. The molecule has 0 aromatic carbocycles. The molecule has 0 spiro atoms. The number of esters is 3. The predicted molar refractivity (Wildman–Crippen MR) is 362 cm³/mol. The normalized spacial score (nSPS) is 13.1. The number of hydrogen-bond donors (Lipinski definition) is 0. The summed E-state index contributed by atoms with van der Waals surface area (Å²) in [4.78, 5) is 38.4. The van der Waals surface area contributed by atoms with Gasteiger partial charge in [0, 0.05) is 19.3 Å². The molecule has 0 aliphatic carbocycles. The second-order valence-corrected chi connectivity index (χ2v) is 22.0. The number of rotatable bonds is 60. The molecule has 0 N–H and O–H groups in total. The summed E-state index contributed by atoms with van der Waals surface area (Å²) in [7, 11) is 0. The van der Waals surface area contributed by atoms with Gasteiger partial charge in [0.05, 0.1) is 0 Å². The molecule has 0 heterocycles. The van der Waals surface area contributed by atoms with E-state index in [2.05, 4.69) is 179 Å². The minimum atomic E-state index is -0.834. The Kier molecular flexibility index (Phi) is 65.4.